The summed E-state index contributed by atoms with van der Waals surface area (Å²) in [5, 5.41) is 3.34. The van der Waals surface area contributed by atoms with Crippen LogP contribution in [0.25, 0.3) is 0 Å². The van der Waals surface area contributed by atoms with E-state index in [-0.39, 0.29) is 11.9 Å². The fourth-order valence-electron chi connectivity index (χ4n) is 2.47. The zero-order valence-electron chi connectivity index (χ0n) is 11.7. The Morgan fingerprint density at radius 2 is 2.06 bits per heavy atom. The zero-order valence-corrected chi connectivity index (χ0v) is 11.7. The summed E-state index contributed by atoms with van der Waals surface area (Å²) in [6.07, 6.45) is 4.51. The van der Waals surface area contributed by atoms with Gasteiger partial charge < -0.3 is 10.1 Å². The van der Waals surface area contributed by atoms with E-state index in [0.29, 0.717) is 5.56 Å². The minimum absolute atomic E-state index is 0.162. The van der Waals surface area contributed by atoms with Gasteiger partial charge in [0.25, 0.3) is 0 Å². The molecule has 0 fully saturated rings. The summed E-state index contributed by atoms with van der Waals surface area (Å²) in [7, 11) is 1.69. The molecule has 1 N–H and O–H groups in total. The highest BCUT2D eigenvalue weighted by atomic mass is 19.1. The molecule has 1 unspecified atom stereocenters. The number of nitrogens with zero attached hydrogens (tertiary/aromatic N) is 1. The summed E-state index contributed by atoms with van der Waals surface area (Å²) in [5.41, 5.74) is 0.232. The SMILES string of the molecule is CCNC(c1ccncc1F)C(CC)(CC)OC. The Morgan fingerprint density at radius 1 is 1.39 bits per heavy atom. The van der Waals surface area contributed by atoms with E-state index in [9.17, 15) is 4.39 Å². The van der Waals surface area contributed by atoms with Crippen LogP contribution in [-0.4, -0.2) is 24.2 Å². The van der Waals surface area contributed by atoms with Crippen molar-refractivity contribution in [2.24, 2.45) is 0 Å². The van der Waals surface area contributed by atoms with E-state index in [1.165, 1.54) is 6.20 Å². The van der Waals surface area contributed by atoms with Gasteiger partial charge in [0.05, 0.1) is 17.8 Å². The number of likely N-dealkylation sites (N-methyl/N-ethyl adjacent to an activating group) is 1. The smallest absolute Gasteiger partial charge is 0.146 e. The van der Waals surface area contributed by atoms with Gasteiger partial charge in [0.2, 0.25) is 0 Å². The molecule has 0 aliphatic carbocycles. The molecule has 1 aromatic rings. The van der Waals surface area contributed by atoms with Crippen molar-refractivity contribution in [1.29, 1.82) is 0 Å². The van der Waals surface area contributed by atoms with Crippen LogP contribution in [0.3, 0.4) is 0 Å². The van der Waals surface area contributed by atoms with Gasteiger partial charge in [-0.05, 0) is 25.5 Å². The zero-order chi connectivity index (χ0) is 13.6. The van der Waals surface area contributed by atoms with Crippen LogP contribution in [0.1, 0.15) is 45.2 Å². The Morgan fingerprint density at radius 3 is 2.50 bits per heavy atom. The molecular formula is C14H23FN2O. The van der Waals surface area contributed by atoms with Crippen LogP contribution in [0.5, 0.6) is 0 Å². The molecule has 0 saturated heterocycles. The third-order valence-electron chi connectivity index (χ3n) is 3.65. The summed E-state index contributed by atoms with van der Waals surface area (Å²) >= 11 is 0. The highest BCUT2D eigenvalue weighted by Crippen LogP contribution is 2.35. The molecule has 1 rings (SSSR count). The summed E-state index contributed by atoms with van der Waals surface area (Å²) in [6.45, 7) is 6.91. The number of pyridine rings is 1. The van der Waals surface area contributed by atoms with E-state index in [0.717, 1.165) is 19.4 Å². The maximum Gasteiger partial charge on any atom is 0.146 e. The molecule has 0 bridgehead atoms. The molecule has 0 saturated carbocycles. The Balaban J connectivity index is 3.20. The van der Waals surface area contributed by atoms with Gasteiger partial charge in [0.15, 0.2) is 0 Å². The van der Waals surface area contributed by atoms with E-state index >= 15 is 0 Å². The first-order valence-corrected chi connectivity index (χ1v) is 6.53. The number of hydrogen-bond acceptors (Lipinski definition) is 3. The summed E-state index contributed by atoms with van der Waals surface area (Å²) in [6, 6.07) is 1.56. The molecule has 0 radical (unpaired) electrons. The fourth-order valence-corrected chi connectivity index (χ4v) is 2.47. The number of hydrogen-bond donors (Lipinski definition) is 1. The highest BCUT2D eigenvalue weighted by Gasteiger charge is 2.37. The van der Waals surface area contributed by atoms with Crippen LogP contribution in [-0.2, 0) is 4.74 Å². The third-order valence-corrected chi connectivity index (χ3v) is 3.65. The molecule has 0 amide bonds. The third kappa shape index (κ3) is 2.87. The summed E-state index contributed by atoms with van der Waals surface area (Å²) in [5.74, 6) is -0.285. The standard InChI is InChI=1S/C14H23FN2O/c1-5-14(6-2,18-4)13(17-7-3)11-8-9-16-10-12(11)15/h8-10,13,17H,5-7H2,1-4H3. The van der Waals surface area contributed by atoms with E-state index in [4.69, 9.17) is 4.74 Å². The van der Waals surface area contributed by atoms with Crippen LogP contribution >= 0.6 is 0 Å². The topological polar surface area (TPSA) is 34.2 Å². The number of rotatable bonds is 7. The van der Waals surface area contributed by atoms with Crippen molar-refractivity contribution in [3.63, 3.8) is 0 Å². The van der Waals surface area contributed by atoms with Gasteiger partial charge in [-0.15, -0.1) is 0 Å². The largest absolute Gasteiger partial charge is 0.376 e. The molecule has 1 heterocycles. The molecule has 102 valence electrons. The lowest BCUT2D eigenvalue weighted by atomic mass is 9.84. The monoisotopic (exact) mass is 254 g/mol. The highest BCUT2D eigenvalue weighted by molar-refractivity contribution is 5.21. The van der Waals surface area contributed by atoms with Crippen LogP contribution in [0.4, 0.5) is 4.39 Å². The van der Waals surface area contributed by atoms with Crippen molar-refractivity contribution < 1.29 is 9.13 Å². The number of ether oxygens (including phenoxy) is 1. The van der Waals surface area contributed by atoms with Crippen molar-refractivity contribution in [1.82, 2.24) is 10.3 Å². The van der Waals surface area contributed by atoms with Gasteiger partial charge in [-0.2, -0.15) is 0 Å². The normalized spacial score (nSPS) is 13.6. The molecule has 3 nitrogen and oxygen atoms in total. The first kappa shape index (κ1) is 15.1. The number of halogens is 1. The van der Waals surface area contributed by atoms with Crippen LogP contribution in [0.2, 0.25) is 0 Å². The molecule has 4 heteroatoms. The van der Waals surface area contributed by atoms with Crippen molar-refractivity contribution in [3.8, 4) is 0 Å². The van der Waals surface area contributed by atoms with Crippen molar-refractivity contribution >= 4 is 0 Å². The molecule has 0 spiro atoms. The van der Waals surface area contributed by atoms with Crippen molar-refractivity contribution in [3.05, 3.63) is 29.8 Å². The predicted octanol–water partition coefficient (Wildman–Crippen LogP) is 3.08. The Kier molecular flexibility index (Phi) is 5.69. The number of nitrogens with one attached hydrogen (secondary N) is 1. The van der Waals surface area contributed by atoms with Crippen LogP contribution < -0.4 is 5.32 Å². The molecule has 18 heavy (non-hydrogen) atoms. The quantitative estimate of drug-likeness (QED) is 0.812. The van der Waals surface area contributed by atoms with Crippen molar-refractivity contribution in [2.45, 2.75) is 45.3 Å². The average molecular weight is 254 g/mol. The summed E-state index contributed by atoms with van der Waals surface area (Å²) < 4.78 is 19.7. The summed E-state index contributed by atoms with van der Waals surface area (Å²) in [4.78, 5) is 3.80. The number of methoxy groups -OCH3 is 1. The van der Waals surface area contributed by atoms with Gasteiger partial charge >= 0.3 is 0 Å². The molecule has 0 aliphatic heterocycles. The Labute approximate surface area is 109 Å². The lowest BCUT2D eigenvalue weighted by Crippen LogP contribution is -2.45. The lowest BCUT2D eigenvalue weighted by Gasteiger charge is -2.39. The van der Waals surface area contributed by atoms with Crippen LogP contribution in [0.15, 0.2) is 18.5 Å². The second kappa shape index (κ2) is 6.81. The minimum Gasteiger partial charge on any atom is -0.376 e. The van der Waals surface area contributed by atoms with E-state index in [2.05, 4.69) is 24.1 Å². The molecule has 1 aromatic heterocycles. The Hall–Kier alpha value is -1.00. The van der Waals surface area contributed by atoms with E-state index in [1.807, 2.05) is 6.92 Å². The maximum atomic E-state index is 13.9. The second-order valence-corrected chi connectivity index (χ2v) is 4.36. The minimum atomic E-state index is -0.391. The lowest BCUT2D eigenvalue weighted by molar-refractivity contribution is -0.0490. The van der Waals surface area contributed by atoms with Gasteiger partial charge in [-0.3, -0.25) is 4.98 Å². The second-order valence-electron chi connectivity index (χ2n) is 4.36. The first-order chi connectivity index (χ1) is 8.65. The van der Waals surface area contributed by atoms with E-state index in [1.54, 1.807) is 19.4 Å². The average Bonchev–Trinajstić information content (AvgIpc) is 2.41. The first-order valence-electron chi connectivity index (χ1n) is 6.53. The maximum absolute atomic E-state index is 13.9. The van der Waals surface area contributed by atoms with E-state index < -0.39 is 5.60 Å². The van der Waals surface area contributed by atoms with Crippen molar-refractivity contribution in [2.75, 3.05) is 13.7 Å². The molecular weight excluding hydrogens is 231 g/mol. The fraction of sp³-hybridized carbons (Fsp3) is 0.643. The van der Waals surface area contributed by atoms with Gasteiger partial charge in [-0.25, -0.2) is 4.39 Å². The predicted molar refractivity (Wildman–Crippen MR) is 70.9 cm³/mol. The molecule has 1 atom stereocenters. The van der Waals surface area contributed by atoms with Gasteiger partial charge in [0, 0.05) is 18.9 Å². The van der Waals surface area contributed by atoms with Crippen LogP contribution in [0, 0.1) is 5.82 Å². The van der Waals surface area contributed by atoms with Gasteiger partial charge in [0.1, 0.15) is 5.82 Å². The molecule has 0 aromatic carbocycles. The Bertz CT molecular complexity index is 358. The van der Waals surface area contributed by atoms with Gasteiger partial charge in [-0.1, -0.05) is 20.8 Å². The molecule has 0 aliphatic rings. The number of aromatic nitrogens is 1.